The van der Waals surface area contributed by atoms with E-state index in [1.165, 1.54) is 0 Å². The number of aryl methyl sites for hydroxylation is 2. The Labute approximate surface area is 109 Å². The van der Waals surface area contributed by atoms with Gasteiger partial charge in [-0.05, 0) is 38.8 Å². The van der Waals surface area contributed by atoms with Crippen molar-refractivity contribution in [2.24, 2.45) is 0 Å². The molecule has 18 heavy (non-hydrogen) atoms. The Bertz CT molecular complexity index is 420. The highest BCUT2D eigenvalue weighted by Crippen LogP contribution is 2.30. The van der Waals surface area contributed by atoms with Crippen LogP contribution in [-0.2, 0) is 0 Å². The summed E-state index contributed by atoms with van der Waals surface area (Å²) in [5, 5.41) is 10.6. The lowest BCUT2D eigenvalue weighted by Crippen LogP contribution is -2.38. The molecule has 0 aromatic heterocycles. The largest absolute Gasteiger partial charge is 0.382 e. The maximum absolute atomic E-state index is 12.5. The maximum Gasteiger partial charge on any atom is 0.194 e. The zero-order chi connectivity index (χ0) is 13.2. The highest BCUT2D eigenvalue weighted by Gasteiger charge is 2.36. The Kier molecular flexibility index (Phi) is 3.86. The van der Waals surface area contributed by atoms with Gasteiger partial charge in [0, 0.05) is 5.56 Å². The highest BCUT2D eigenvalue weighted by atomic mass is 16.3. The quantitative estimate of drug-likeness (QED) is 0.640. The third-order valence-corrected chi connectivity index (χ3v) is 3.84. The van der Waals surface area contributed by atoms with Gasteiger partial charge in [-0.15, -0.1) is 0 Å². The first-order chi connectivity index (χ1) is 8.51. The van der Waals surface area contributed by atoms with Gasteiger partial charge >= 0.3 is 0 Å². The summed E-state index contributed by atoms with van der Waals surface area (Å²) in [7, 11) is 0. The van der Waals surface area contributed by atoms with E-state index in [1.807, 2.05) is 32.0 Å². The maximum atomic E-state index is 12.5. The fraction of sp³-hybridized carbons (Fsp3) is 0.562. The molecule has 2 rings (SSSR count). The first-order valence-corrected chi connectivity index (χ1v) is 6.87. The molecule has 0 radical (unpaired) electrons. The average Bonchev–Trinajstić information content (AvgIpc) is 2.53. The van der Waals surface area contributed by atoms with Crippen LogP contribution in [0.5, 0.6) is 0 Å². The molecule has 0 saturated heterocycles. The van der Waals surface area contributed by atoms with Crippen LogP contribution in [-0.4, -0.2) is 16.5 Å². The molecule has 0 heterocycles. The molecule has 2 nitrogen and oxygen atoms in total. The minimum atomic E-state index is -1.13. The van der Waals surface area contributed by atoms with Crippen molar-refractivity contribution in [1.82, 2.24) is 0 Å². The van der Waals surface area contributed by atoms with E-state index in [2.05, 4.69) is 0 Å². The van der Waals surface area contributed by atoms with Crippen molar-refractivity contribution in [1.29, 1.82) is 0 Å². The zero-order valence-electron chi connectivity index (χ0n) is 11.3. The number of rotatable bonds is 2. The molecule has 1 aliphatic rings. The second kappa shape index (κ2) is 5.23. The number of benzene rings is 1. The lowest BCUT2D eigenvalue weighted by Gasteiger charge is -2.25. The van der Waals surface area contributed by atoms with E-state index in [9.17, 15) is 9.90 Å². The number of Topliss-reactive ketones (excluding diaryl/α,β-unsaturated/α-hetero) is 1. The van der Waals surface area contributed by atoms with Crippen molar-refractivity contribution in [2.75, 3.05) is 0 Å². The third-order valence-electron chi connectivity index (χ3n) is 3.84. The molecule has 1 aromatic rings. The summed E-state index contributed by atoms with van der Waals surface area (Å²) in [5.41, 5.74) is 1.69. The minimum Gasteiger partial charge on any atom is -0.382 e. The van der Waals surface area contributed by atoms with E-state index in [0.29, 0.717) is 18.4 Å². The molecule has 1 aromatic carbocycles. The van der Waals surface area contributed by atoms with Gasteiger partial charge in [0.1, 0.15) is 5.60 Å². The molecule has 0 atom stereocenters. The smallest absolute Gasteiger partial charge is 0.194 e. The molecule has 0 spiro atoms. The van der Waals surface area contributed by atoms with Crippen molar-refractivity contribution >= 4 is 5.78 Å². The molecular formula is C16H22O2. The summed E-state index contributed by atoms with van der Waals surface area (Å²) in [4.78, 5) is 12.5. The molecular weight excluding hydrogens is 224 g/mol. The fourth-order valence-electron chi connectivity index (χ4n) is 2.91. The second-order valence-electron chi connectivity index (χ2n) is 5.65. The van der Waals surface area contributed by atoms with Crippen molar-refractivity contribution in [2.45, 2.75) is 58.0 Å². The molecule has 1 saturated carbocycles. The lowest BCUT2D eigenvalue weighted by atomic mass is 9.85. The van der Waals surface area contributed by atoms with E-state index in [-0.39, 0.29) is 5.78 Å². The van der Waals surface area contributed by atoms with Crippen LogP contribution in [0.15, 0.2) is 18.2 Å². The van der Waals surface area contributed by atoms with Crippen molar-refractivity contribution in [3.8, 4) is 0 Å². The zero-order valence-corrected chi connectivity index (χ0v) is 11.3. The van der Waals surface area contributed by atoms with Crippen LogP contribution in [0.1, 0.15) is 60.0 Å². The molecule has 0 unspecified atom stereocenters. The van der Waals surface area contributed by atoms with E-state index >= 15 is 0 Å². The van der Waals surface area contributed by atoms with E-state index in [0.717, 1.165) is 36.8 Å². The van der Waals surface area contributed by atoms with Crippen LogP contribution in [0.4, 0.5) is 0 Å². The van der Waals surface area contributed by atoms with Gasteiger partial charge in [0.25, 0.3) is 0 Å². The van der Waals surface area contributed by atoms with Gasteiger partial charge in [-0.3, -0.25) is 4.79 Å². The second-order valence-corrected chi connectivity index (χ2v) is 5.65. The first kappa shape index (κ1) is 13.3. The third kappa shape index (κ3) is 2.81. The number of carbonyl (C=O) groups excluding carboxylic acids is 1. The Hall–Kier alpha value is -1.15. The molecule has 2 heteroatoms. The van der Waals surface area contributed by atoms with Gasteiger partial charge in [0.15, 0.2) is 5.78 Å². The van der Waals surface area contributed by atoms with Crippen LogP contribution in [0.2, 0.25) is 0 Å². The normalized spacial score (nSPS) is 19.3. The Morgan fingerprint density at radius 2 is 1.50 bits per heavy atom. The minimum absolute atomic E-state index is 0.0869. The SMILES string of the molecule is Cc1cc(C)cc(C(=O)C2(O)CCCCCC2)c1. The fourth-order valence-corrected chi connectivity index (χ4v) is 2.91. The summed E-state index contributed by atoms with van der Waals surface area (Å²) in [6.45, 7) is 3.97. The van der Waals surface area contributed by atoms with Crippen LogP contribution in [0.3, 0.4) is 0 Å². The van der Waals surface area contributed by atoms with E-state index in [1.54, 1.807) is 0 Å². The molecule has 98 valence electrons. The predicted molar refractivity (Wildman–Crippen MR) is 72.9 cm³/mol. The van der Waals surface area contributed by atoms with Crippen LogP contribution < -0.4 is 0 Å². The molecule has 0 aliphatic heterocycles. The van der Waals surface area contributed by atoms with Gasteiger partial charge in [0.2, 0.25) is 0 Å². The topological polar surface area (TPSA) is 37.3 Å². The van der Waals surface area contributed by atoms with Crippen LogP contribution in [0.25, 0.3) is 0 Å². The highest BCUT2D eigenvalue weighted by molar-refractivity contribution is 6.02. The van der Waals surface area contributed by atoms with Crippen molar-refractivity contribution in [3.05, 3.63) is 34.9 Å². The summed E-state index contributed by atoms with van der Waals surface area (Å²) < 4.78 is 0. The number of hydrogen-bond donors (Lipinski definition) is 1. The lowest BCUT2D eigenvalue weighted by molar-refractivity contribution is 0.0238. The molecule has 1 N–H and O–H groups in total. The standard InChI is InChI=1S/C16H22O2/c1-12-9-13(2)11-14(10-12)15(17)16(18)7-5-3-4-6-8-16/h9-11,18H,3-8H2,1-2H3. The summed E-state index contributed by atoms with van der Waals surface area (Å²) >= 11 is 0. The van der Waals surface area contributed by atoms with E-state index < -0.39 is 5.60 Å². The van der Waals surface area contributed by atoms with Gasteiger partial charge in [0.05, 0.1) is 0 Å². The first-order valence-electron chi connectivity index (χ1n) is 6.87. The molecule has 0 bridgehead atoms. The van der Waals surface area contributed by atoms with Gasteiger partial charge in [-0.25, -0.2) is 0 Å². The van der Waals surface area contributed by atoms with E-state index in [4.69, 9.17) is 0 Å². The summed E-state index contributed by atoms with van der Waals surface area (Å²) in [6.07, 6.45) is 5.38. The molecule has 1 aliphatic carbocycles. The van der Waals surface area contributed by atoms with Gasteiger partial charge in [-0.1, -0.05) is 42.9 Å². The van der Waals surface area contributed by atoms with Crippen molar-refractivity contribution in [3.63, 3.8) is 0 Å². The molecule has 1 fully saturated rings. The number of ketones is 1. The number of hydrogen-bond acceptors (Lipinski definition) is 2. The van der Waals surface area contributed by atoms with Crippen LogP contribution >= 0.6 is 0 Å². The van der Waals surface area contributed by atoms with Gasteiger partial charge < -0.3 is 5.11 Å². The Balaban J connectivity index is 2.28. The summed E-state index contributed by atoms with van der Waals surface area (Å²) in [5.74, 6) is -0.0869. The molecule has 0 amide bonds. The number of carbonyl (C=O) groups is 1. The monoisotopic (exact) mass is 246 g/mol. The Morgan fingerprint density at radius 1 is 1.00 bits per heavy atom. The van der Waals surface area contributed by atoms with Crippen LogP contribution in [0, 0.1) is 13.8 Å². The Morgan fingerprint density at radius 3 is 2.00 bits per heavy atom. The van der Waals surface area contributed by atoms with Gasteiger partial charge in [-0.2, -0.15) is 0 Å². The average molecular weight is 246 g/mol. The number of aliphatic hydroxyl groups is 1. The summed E-state index contributed by atoms with van der Waals surface area (Å²) in [6, 6.07) is 5.82. The van der Waals surface area contributed by atoms with Crippen molar-refractivity contribution < 1.29 is 9.90 Å². The predicted octanol–water partition coefficient (Wildman–Crippen LogP) is 3.57.